The van der Waals surface area contributed by atoms with E-state index in [0.29, 0.717) is 0 Å². The van der Waals surface area contributed by atoms with E-state index >= 15 is 0 Å². The van der Waals surface area contributed by atoms with Crippen LogP contribution < -0.4 is 0 Å². The van der Waals surface area contributed by atoms with Crippen LogP contribution in [0.3, 0.4) is 0 Å². The Kier molecular flexibility index (Phi) is 8.00. The molecule has 1 aromatic carbocycles. The number of hydrogen-bond donors (Lipinski definition) is 0. The molecule has 2 nitrogen and oxygen atoms in total. The maximum Gasteiger partial charge on any atom is 0.0271 e. The fraction of sp³-hybridized carbons (Fsp3) is 0.250. The van der Waals surface area contributed by atoms with E-state index < -0.39 is 0 Å². The summed E-state index contributed by atoms with van der Waals surface area (Å²) in [6, 6.07) is 14.9. The summed E-state index contributed by atoms with van der Waals surface area (Å²) in [5, 5.41) is 4.30. The Hall–Kier alpha value is -2.93. The highest BCUT2D eigenvalue weighted by molar-refractivity contribution is 7.08. The van der Waals surface area contributed by atoms with Gasteiger partial charge in [-0.15, -0.1) is 0 Å². The summed E-state index contributed by atoms with van der Waals surface area (Å²) in [7, 11) is 2.14. The number of likely N-dealkylation sites (N-methyl/N-ethyl adjacent to an activating group) is 1. The molecule has 0 aliphatic carbocycles. The minimum absolute atomic E-state index is 0.0108. The first-order chi connectivity index (χ1) is 14.9. The Bertz CT molecular complexity index is 1080. The van der Waals surface area contributed by atoms with E-state index in [0.717, 1.165) is 13.1 Å². The van der Waals surface area contributed by atoms with Gasteiger partial charge >= 0.3 is 0 Å². The Morgan fingerprint density at radius 1 is 1.10 bits per heavy atom. The normalized spacial score (nSPS) is 12.2. The van der Waals surface area contributed by atoms with Crippen molar-refractivity contribution < 1.29 is 0 Å². The molecule has 2 heterocycles. The standard InChI is InChI=1S/C28H30N2S/c1-28(2,3)15-6-8-24(20-30(4)21-25-12-16-29-17-13-25)11-10-23-7-5-9-26(19-23)27-14-18-31-22-27/h5,7-14,16-19,22H,20-21H2,1-4H3. The lowest BCUT2D eigenvalue weighted by Crippen LogP contribution is -2.20. The number of hydrogen-bond acceptors (Lipinski definition) is 3. The van der Waals surface area contributed by atoms with Gasteiger partial charge in [-0.05, 0) is 96.7 Å². The van der Waals surface area contributed by atoms with Gasteiger partial charge in [-0.25, -0.2) is 0 Å². The lowest BCUT2D eigenvalue weighted by Gasteiger charge is -2.17. The lowest BCUT2D eigenvalue weighted by atomic mass is 9.98. The average Bonchev–Trinajstić information content (AvgIpc) is 3.27. The third-order valence-corrected chi connectivity index (χ3v) is 5.27. The number of aromatic nitrogens is 1. The van der Waals surface area contributed by atoms with Crippen molar-refractivity contribution in [3.8, 4) is 23.0 Å². The van der Waals surface area contributed by atoms with E-state index in [1.54, 1.807) is 11.3 Å². The van der Waals surface area contributed by atoms with Gasteiger partial charge in [0.1, 0.15) is 0 Å². The van der Waals surface area contributed by atoms with Crippen molar-refractivity contribution >= 4 is 17.4 Å². The highest BCUT2D eigenvalue weighted by Crippen LogP contribution is 2.23. The minimum atomic E-state index is -0.0108. The average molecular weight is 427 g/mol. The Labute approximate surface area is 191 Å². The zero-order valence-corrected chi connectivity index (χ0v) is 19.6. The number of pyridine rings is 1. The summed E-state index contributed by atoms with van der Waals surface area (Å²) in [6.07, 6.45) is 10.1. The van der Waals surface area contributed by atoms with Gasteiger partial charge in [0, 0.05) is 30.9 Å². The summed E-state index contributed by atoms with van der Waals surface area (Å²) >= 11 is 1.73. The van der Waals surface area contributed by atoms with Crippen molar-refractivity contribution in [2.24, 2.45) is 5.41 Å². The molecule has 158 valence electrons. The maximum absolute atomic E-state index is 4.11. The van der Waals surface area contributed by atoms with Gasteiger partial charge in [-0.3, -0.25) is 9.88 Å². The Morgan fingerprint density at radius 3 is 2.61 bits per heavy atom. The molecule has 0 atom stereocenters. The molecule has 2 aromatic heterocycles. The summed E-state index contributed by atoms with van der Waals surface area (Å²) in [4.78, 5) is 6.40. The molecule has 0 spiro atoms. The third kappa shape index (κ3) is 8.02. The molecule has 0 aliphatic heterocycles. The molecule has 3 heteroatoms. The second-order valence-corrected chi connectivity index (χ2v) is 9.52. The van der Waals surface area contributed by atoms with Gasteiger partial charge in [0.15, 0.2) is 0 Å². The van der Waals surface area contributed by atoms with Crippen LogP contribution in [-0.2, 0) is 6.54 Å². The van der Waals surface area contributed by atoms with Gasteiger partial charge in [0.05, 0.1) is 0 Å². The van der Waals surface area contributed by atoms with E-state index in [1.807, 2.05) is 18.5 Å². The van der Waals surface area contributed by atoms with E-state index in [4.69, 9.17) is 0 Å². The smallest absolute Gasteiger partial charge is 0.0271 e. The molecule has 0 amide bonds. The van der Waals surface area contributed by atoms with Crippen molar-refractivity contribution in [2.75, 3.05) is 13.6 Å². The number of benzene rings is 1. The van der Waals surface area contributed by atoms with E-state index in [2.05, 4.69) is 115 Å². The predicted molar refractivity (Wildman–Crippen MR) is 135 cm³/mol. The van der Waals surface area contributed by atoms with Crippen LogP contribution in [0.4, 0.5) is 0 Å². The van der Waals surface area contributed by atoms with Gasteiger partial charge in [-0.2, -0.15) is 11.3 Å². The predicted octanol–water partition coefficient (Wildman–Crippen LogP) is 6.93. The number of rotatable bonds is 7. The monoisotopic (exact) mass is 426 g/mol. The zero-order valence-electron chi connectivity index (χ0n) is 18.8. The summed E-state index contributed by atoms with van der Waals surface area (Å²) < 4.78 is 0. The summed E-state index contributed by atoms with van der Waals surface area (Å²) in [6.45, 7) is 8.09. The van der Waals surface area contributed by atoms with Crippen LogP contribution in [0.5, 0.6) is 0 Å². The molecular weight excluding hydrogens is 396 g/mol. The van der Waals surface area contributed by atoms with Crippen molar-refractivity contribution in [3.63, 3.8) is 0 Å². The molecule has 0 saturated heterocycles. The van der Waals surface area contributed by atoms with Crippen LogP contribution in [0.25, 0.3) is 17.2 Å². The van der Waals surface area contributed by atoms with Crippen molar-refractivity contribution in [1.29, 1.82) is 0 Å². The van der Waals surface area contributed by atoms with Gasteiger partial charge in [-0.1, -0.05) is 42.2 Å². The molecular formula is C28H30N2S. The molecule has 0 saturated carbocycles. The van der Waals surface area contributed by atoms with E-state index in [9.17, 15) is 0 Å². The molecule has 0 N–H and O–H groups in total. The largest absolute Gasteiger partial charge is 0.298 e. The van der Waals surface area contributed by atoms with Crippen LogP contribution >= 0.6 is 11.3 Å². The summed E-state index contributed by atoms with van der Waals surface area (Å²) in [5.74, 6) is 6.58. The molecule has 3 rings (SSSR count). The van der Waals surface area contributed by atoms with Gasteiger partial charge in [0.25, 0.3) is 0 Å². The number of thiophene rings is 1. The Balaban J connectivity index is 1.78. The van der Waals surface area contributed by atoms with Crippen LogP contribution in [0.2, 0.25) is 0 Å². The third-order valence-electron chi connectivity index (χ3n) is 4.59. The van der Waals surface area contributed by atoms with E-state index in [-0.39, 0.29) is 5.41 Å². The topological polar surface area (TPSA) is 16.1 Å². The quantitative estimate of drug-likeness (QED) is 0.301. The van der Waals surface area contributed by atoms with Gasteiger partial charge in [0.2, 0.25) is 0 Å². The summed E-state index contributed by atoms with van der Waals surface area (Å²) in [5.41, 5.74) is 6.14. The maximum atomic E-state index is 4.11. The molecule has 0 fully saturated rings. The number of nitrogens with zero attached hydrogens (tertiary/aromatic N) is 2. The second kappa shape index (κ2) is 10.9. The zero-order chi connectivity index (χ0) is 22.1. The fourth-order valence-corrected chi connectivity index (χ4v) is 3.78. The van der Waals surface area contributed by atoms with Crippen LogP contribution in [0, 0.1) is 17.3 Å². The van der Waals surface area contributed by atoms with Crippen molar-refractivity contribution in [3.05, 3.63) is 94.5 Å². The second-order valence-electron chi connectivity index (χ2n) is 8.74. The SMILES string of the molecule is CN(CC(C=Cc1cccc(-c2ccsc2)c1)=CC#CC(C)(C)C)Cc1ccncc1. The molecule has 0 unspecified atom stereocenters. The molecule has 0 radical (unpaired) electrons. The Morgan fingerprint density at radius 2 is 1.90 bits per heavy atom. The van der Waals surface area contributed by atoms with Crippen LogP contribution in [0.15, 0.2) is 83.3 Å². The van der Waals surface area contributed by atoms with Crippen molar-refractivity contribution in [2.45, 2.75) is 27.3 Å². The molecule has 31 heavy (non-hydrogen) atoms. The molecule has 3 aromatic rings. The number of allylic oxidation sites excluding steroid dienone is 1. The van der Waals surface area contributed by atoms with Crippen LogP contribution in [0.1, 0.15) is 31.9 Å². The van der Waals surface area contributed by atoms with Crippen LogP contribution in [-0.4, -0.2) is 23.5 Å². The highest BCUT2D eigenvalue weighted by atomic mass is 32.1. The fourth-order valence-electron chi connectivity index (χ4n) is 3.11. The van der Waals surface area contributed by atoms with Gasteiger partial charge < -0.3 is 0 Å². The first-order valence-electron chi connectivity index (χ1n) is 10.5. The minimum Gasteiger partial charge on any atom is -0.298 e. The highest BCUT2D eigenvalue weighted by Gasteiger charge is 2.05. The first kappa shape index (κ1) is 22.7. The van der Waals surface area contributed by atoms with Crippen molar-refractivity contribution in [1.82, 2.24) is 9.88 Å². The lowest BCUT2D eigenvalue weighted by molar-refractivity contribution is 0.358. The first-order valence-corrected chi connectivity index (χ1v) is 11.4. The van der Waals surface area contributed by atoms with E-state index in [1.165, 1.54) is 27.8 Å². The molecule has 0 bridgehead atoms. The molecule has 0 aliphatic rings.